The van der Waals surface area contributed by atoms with Gasteiger partial charge in [-0.05, 0) is 19.8 Å². The van der Waals surface area contributed by atoms with Crippen LogP contribution in [0.3, 0.4) is 0 Å². The van der Waals surface area contributed by atoms with Crippen molar-refractivity contribution in [3.05, 3.63) is 27.2 Å². The minimum absolute atomic E-state index is 0.244. The van der Waals surface area contributed by atoms with Gasteiger partial charge in [-0.3, -0.25) is 13.9 Å². The molecule has 0 aliphatic heterocycles. The Morgan fingerprint density at radius 2 is 1.50 bits per heavy atom. The van der Waals surface area contributed by atoms with Crippen molar-refractivity contribution in [3.8, 4) is 0 Å². The molecule has 0 fully saturated rings. The van der Waals surface area contributed by atoms with Gasteiger partial charge in [-0.15, -0.1) is 0 Å². The molecule has 2 heterocycles. The van der Waals surface area contributed by atoms with E-state index in [0.717, 1.165) is 25.7 Å². The topological polar surface area (TPSA) is 80.3 Å². The Morgan fingerprint density at radius 3 is 2.14 bits per heavy atom. The van der Waals surface area contributed by atoms with E-state index < -0.39 is 0 Å². The molecule has 0 bridgehead atoms. The lowest BCUT2D eigenvalue weighted by atomic mass is 10.1. The first-order chi connectivity index (χ1) is 13.6. The molecule has 0 aliphatic rings. The molecule has 0 radical (unpaired) electrons. The molecule has 0 atom stereocenters. The third-order valence-electron chi connectivity index (χ3n) is 5.01. The highest BCUT2D eigenvalue weighted by molar-refractivity contribution is 5.69. The van der Waals surface area contributed by atoms with Gasteiger partial charge in [0.25, 0.3) is 5.56 Å². The molecule has 2 rings (SSSR count). The fraction of sp³-hybridized carbons (Fsp3) is 0.750. The fourth-order valence-electron chi connectivity index (χ4n) is 3.40. The van der Waals surface area contributed by atoms with Crippen LogP contribution >= 0.6 is 0 Å². The molecule has 28 heavy (non-hydrogen) atoms. The molecule has 8 nitrogen and oxygen atoms in total. The summed E-state index contributed by atoms with van der Waals surface area (Å²) in [5.74, 6) is 0. The average Bonchev–Trinajstić information content (AvgIpc) is 3.08. The highest BCUT2D eigenvalue weighted by atomic mass is 17.2. The Kier molecular flexibility index (Phi) is 9.43. The molecule has 0 N–H and O–H groups in total. The Morgan fingerprint density at radius 1 is 0.893 bits per heavy atom. The van der Waals surface area contributed by atoms with Crippen LogP contribution in [0.25, 0.3) is 11.2 Å². The molecule has 8 heteroatoms. The highest BCUT2D eigenvalue weighted by Crippen LogP contribution is 2.10. The van der Waals surface area contributed by atoms with Crippen LogP contribution in [0.1, 0.15) is 64.7 Å². The monoisotopic (exact) mass is 394 g/mol. The third-order valence-corrected chi connectivity index (χ3v) is 5.01. The molecule has 0 unspecified atom stereocenters. The van der Waals surface area contributed by atoms with E-state index in [4.69, 9.17) is 9.78 Å². The second kappa shape index (κ2) is 11.8. The lowest BCUT2D eigenvalue weighted by Crippen LogP contribution is -2.39. The van der Waals surface area contributed by atoms with Gasteiger partial charge in [-0.25, -0.2) is 19.6 Å². The van der Waals surface area contributed by atoms with Gasteiger partial charge in [-0.2, -0.15) is 0 Å². The summed E-state index contributed by atoms with van der Waals surface area (Å²) >= 11 is 0. The molecule has 0 saturated carbocycles. The Bertz CT molecular complexity index is 837. The predicted molar refractivity (Wildman–Crippen MR) is 109 cm³/mol. The number of hydrogen-bond acceptors (Lipinski definition) is 5. The minimum Gasteiger partial charge on any atom is -0.328 e. The maximum absolute atomic E-state index is 12.6. The molecule has 0 aliphatic carbocycles. The van der Waals surface area contributed by atoms with Gasteiger partial charge in [0.15, 0.2) is 11.2 Å². The van der Waals surface area contributed by atoms with Crippen molar-refractivity contribution >= 4 is 11.2 Å². The summed E-state index contributed by atoms with van der Waals surface area (Å²) in [5, 5.41) is 0. The van der Waals surface area contributed by atoms with E-state index in [-0.39, 0.29) is 11.2 Å². The molecule has 158 valence electrons. The molecular weight excluding hydrogens is 360 g/mol. The van der Waals surface area contributed by atoms with Crippen molar-refractivity contribution < 1.29 is 9.78 Å². The average molecular weight is 395 g/mol. The van der Waals surface area contributed by atoms with Crippen LogP contribution in [-0.2, 0) is 30.4 Å². The van der Waals surface area contributed by atoms with E-state index in [1.807, 2.05) is 6.92 Å². The first-order valence-corrected chi connectivity index (χ1v) is 10.4. The van der Waals surface area contributed by atoms with Crippen molar-refractivity contribution in [2.75, 3.05) is 13.2 Å². The van der Waals surface area contributed by atoms with Gasteiger partial charge in [-0.1, -0.05) is 44.9 Å². The van der Waals surface area contributed by atoms with E-state index in [1.165, 1.54) is 41.2 Å². The zero-order valence-electron chi connectivity index (χ0n) is 17.5. The highest BCUT2D eigenvalue weighted by Gasteiger charge is 2.14. The van der Waals surface area contributed by atoms with E-state index in [0.29, 0.717) is 30.9 Å². The van der Waals surface area contributed by atoms with Crippen molar-refractivity contribution in [2.45, 2.75) is 71.3 Å². The van der Waals surface area contributed by atoms with Gasteiger partial charge in [0.2, 0.25) is 0 Å². The van der Waals surface area contributed by atoms with E-state index in [1.54, 1.807) is 25.0 Å². The van der Waals surface area contributed by atoms with Crippen LogP contribution in [-0.4, -0.2) is 31.9 Å². The summed E-state index contributed by atoms with van der Waals surface area (Å²) in [7, 11) is 3.44. The van der Waals surface area contributed by atoms with E-state index >= 15 is 0 Å². The number of fused-ring (bicyclic) bond motifs is 1. The quantitative estimate of drug-likeness (QED) is 0.280. The van der Waals surface area contributed by atoms with Crippen molar-refractivity contribution in [1.29, 1.82) is 0 Å². The summed E-state index contributed by atoms with van der Waals surface area (Å²) < 4.78 is 4.47. The SMILES string of the molecule is CCOOCCCCCCCCCCCn1c(=O)c2c(ncn2C)n(C)c1=O. The standard InChI is InChI=1S/C20H34N4O4/c1-4-27-28-15-13-11-9-7-5-6-8-10-12-14-24-19(25)17-18(21-16-22(17)2)23(3)20(24)26/h16H,4-15H2,1-3H3. The lowest BCUT2D eigenvalue weighted by Gasteiger charge is -2.08. The Balaban J connectivity index is 1.64. The zero-order chi connectivity index (χ0) is 20.4. The molecule has 0 amide bonds. The summed E-state index contributed by atoms with van der Waals surface area (Å²) in [5.41, 5.74) is 0.392. The summed E-state index contributed by atoms with van der Waals surface area (Å²) in [6, 6.07) is 0. The zero-order valence-corrected chi connectivity index (χ0v) is 17.5. The Hall–Kier alpha value is -1.93. The van der Waals surface area contributed by atoms with Gasteiger partial charge >= 0.3 is 5.69 Å². The van der Waals surface area contributed by atoms with Crippen molar-refractivity contribution in [2.24, 2.45) is 14.1 Å². The normalized spacial score (nSPS) is 11.5. The second-order valence-corrected chi connectivity index (χ2v) is 7.24. The van der Waals surface area contributed by atoms with Crippen LogP contribution in [0.2, 0.25) is 0 Å². The number of aryl methyl sites for hydroxylation is 2. The summed E-state index contributed by atoms with van der Waals surface area (Å²) in [6.45, 7) is 3.65. The number of nitrogens with zero attached hydrogens (tertiary/aromatic N) is 4. The van der Waals surface area contributed by atoms with Crippen LogP contribution < -0.4 is 11.2 Å². The smallest absolute Gasteiger partial charge is 0.328 e. The molecule has 2 aromatic rings. The first-order valence-electron chi connectivity index (χ1n) is 10.4. The van der Waals surface area contributed by atoms with Crippen LogP contribution in [0.5, 0.6) is 0 Å². The first kappa shape index (κ1) is 22.4. The summed E-state index contributed by atoms with van der Waals surface area (Å²) in [6.07, 6.45) is 11.7. The fourth-order valence-corrected chi connectivity index (χ4v) is 3.40. The number of unbranched alkanes of at least 4 members (excludes halogenated alkanes) is 8. The number of imidazole rings is 1. The molecule has 0 saturated heterocycles. The predicted octanol–water partition coefficient (Wildman–Crippen LogP) is 2.91. The maximum Gasteiger partial charge on any atom is 0.332 e. The van der Waals surface area contributed by atoms with Crippen molar-refractivity contribution in [1.82, 2.24) is 18.7 Å². The van der Waals surface area contributed by atoms with Gasteiger partial charge in [0, 0.05) is 20.6 Å². The van der Waals surface area contributed by atoms with E-state index in [9.17, 15) is 9.59 Å². The third kappa shape index (κ3) is 6.04. The molecule has 2 aromatic heterocycles. The van der Waals surface area contributed by atoms with Gasteiger partial charge in [0.1, 0.15) is 0 Å². The summed E-state index contributed by atoms with van der Waals surface area (Å²) in [4.78, 5) is 39.0. The number of aromatic nitrogens is 4. The molecule has 0 aromatic carbocycles. The number of rotatable bonds is 14. The van der Waals surface area contributed by atoms with Crippen molar-refractivity contribution in [3.63, 3.8) is 0 Å². The van der Waals surface area contributed by atoms with Crippen LogP contribution in [0.15, 0.2) is 15.9 Å². The minimum atomic E-state index is -0.287. The largest absolute Gasteiger partial charge is 0.332 e. The van der Waals surface area contributed by atoms with Crippen LogP contribution in [0, 0.1) is 0 Å². The number of hydrogen-bond donors (Lipinski definition) is 0. The van der Waals surface area contributed by atoms with E-state index in [2.05, 4.69) is 4.98 Å². The second-order valence-electron chi connectivity index (χ2n) is 7.24. The molecular formula is C20H34N4O4. The van der Waals surface area contributed by atoms with Gasteiger partial charge < -0.3 is 4.57 Å². The Labute approximate surface area is 166 Å². The van der Waals surface area contributed by atoms with Gasteiger partial charge in [0.05, 0.1) is 19.5 Å². The molecule has 0 spiro atoms. The maximum atomic E-state index is 12.6. The van der Waals surface area contributed by atoms with Crippen LogP contribution in [0.4, 0.5) is 0 Å². The lowest BCUT2D eigenvalue weighted by molar-refractivity contribution is -0.291.